The second-order valence-electron chi connectivity index (χ2n) is 5.92. The molecule has 0 aromatic heterocycles. The Bertz CT molecular complexity index is 423. The largest absolute Gasteiger partial charge is 0.399 e. The van der Waals surface area contributed by atoms with Crippen LogP contribution in [0.25, 0.3) is 0 Å². The average molecular weight is 260 g/mol. The van der Waals surface area contributed by atoms with Crippen LogP contribution in [0.3, 0.4) is 0 Å². The average Bonchev–Trinajstić information content (AvgIpc) is 3.13. The third-order valence-corrected chi connectivity index (χ3v) is 3.79. The number of carbonyl (C=O) groups is 1. The topological polar surface area (TPSA) is 55.1 Å². The first-order chi connectivity index (χ1) is 9.04. The maximum absolute atomic E-state index is 12.0. The molecule has 1 aliphatic carbocycles. The summed E-state index contributed by atoms with van der Waals surface area (Å²) in [7, 11) is 0. The van der Waals surface area contributed by atoms with Gasteiger partial charge in [0.1, 0.15) is 0 Å². The predicted molar refractivity (Wildman–Crippen MR) is 78.8 cm³/mol. The van der Waals surface area contributed by atoms with Crippen LogP contribution in [0.2, 0.25) is 0 Å². The fraction of sp³-hybridized carbons (Fsp3) is 0.562. The monoisotopic (exact) mass is 260 g/mol. The number of nitrogens with two attached hydrogens (primary N) is 1. The Hall–Kier alpha value is -1.51. The van der Waals surface area contributed by atoms with E-state index in [1.54, 1.807) is 0 Å². The van der Waals surface area contributed by atoms with Crippen LogP contribution in [0.1, 0.15) is 51.0 Å². The summed E-state index contributed by atoms with van der Waals surface area (Å²) in [6.07, 6.45) is 4.34. The Morgan fingerprint density at radius 3 is 2.53 bits per heavy atom. The summed E-state index contributed by atoms with van der Waals surface area (Å²) in [6, 6.07) is 8.08. The van der Waals surface area contributed by atoms with Gasteiger partial charge in [-0.05, 0) is 42.9 Å². The van der Waals surface area contributed by atoms with Gasteiger partial charge in [-0.25, -0.2) is 0 Å². The summed E-state index contributed by atoms with van der Waals surface area (Å²) < 4.78 is 0. The second-order valence-corrected chi connectivity index (χ2v) is 5.92. The molecule has 2 rings (SSSR count). The van der Waals surface area contributed by atoms with Crippen LogP contribution in [-0.2, 0) is 4.79 Å². The van der Waals surface area contributed by atoms with E-state index in [1.807, 2.05) is 24.3 Å². The van der Waals surface area contributed by atoms with Crippen molar-refractivity contribution in [3.8, 4) is 0 Å². The first-order valence-corrected chi connectivity index (χ1v) is 7.19. The minimum absolute atomic E-state index is 0.150. The highest BCUT2D eigenvalue weighted by molar-refractivity contribution is 5.77. The summed E-state index contributed by atoms with van der Waals surface area (Å²) in [5.41, 5.74) is 7.60. The molecule has 1 saturated carbocycles. The third kappa shape index (κ3) is 4.58. The molecule has 0 saturated heterocycles. The van der Waals surface area contributed by atoms with Gasteiger partial charge < -0.3 is 11.1 Å². The highest BCUT2D eigenvalue weighted by atomic mass is 16.1. The number of rotatable bonds is 6. The summed E-state index contributed by atoms with van der Waals surface area (Å²) in [4.78, 5) is 12.0. The molecule has 0 heterocycles. The summed E-state index contributed by atoms with van der Waals surface area (Å²) in [5, 5.41) is 3.10. The normalized spacial score (nSPS) is 17.8. The van der Waals surface area contributed by atoms with E-state index in [0.29, 0.717) is 12.5 Å². The Kier molecular flexibility index (Phi) is 4.46. The molecule has 1 amide bonds. The van der Waals surface area contributed by atoms with Gasteiger partial charge in [0.2, 0.25) is 5.91 Å². The molecule has 1 aromatic carbocycles. The first-order valence-electron chi connectivity index (χ1n) is 7.19. The smallest absolute Gasteiger partial charge is 0.220 e. The lowest BCUT2D eigenvalue weighted by molar-refractivity contribution is -0.122. The molecule has 2 unspecified atom stereocenters. The molecular formula is C16H24N2O. The standard InChI is InChI=1S/C16H24N2O/c1-11(14-5-7-15(17)8-6-14)9-16(19)18-12(2)10-13-3-4-13/h5-8,11-13H,3-4,9-10,17H2,1-2H3,(H,18,19). The van der Waals surface area contributed by atoms with Crippen molar-refractivity contribution in [1.29, 1.82) is 0 Å². The molecular weight excluding hydrogens is 236 g/mol. The van der Waals surface area contributed by atoms with Crippen molar-refractivity contribution >= 4 is 11.6 Å². The van der Waals surface area contributed by atoms with Crippen molar-refractivity contribution < 1.29 is 4.79 Å². The van der Waals surface area contributed by atoms with Gasteiger partial charge >= 0.3 is 0 Å². The van der Waals surface area contributed by atoms with Crippen molar-refractivity contribution in [3.05, 3.63) is 29.8 Å². The molecule has 0 bridgehead atoms. The fourth-order valence-corrected chi connectivity index (χ4v) is 2.47. The van der Waals surface area contributed by atoms with Crippen LogP contribution in [0.15, 0.2) is 24.3 Å². The van der Waals surface area contributed by atoms with Gasteiger partial charge in [-0.15, -0.1) is 0 Å². The molecule has 2 atom stereocenters. The van der Waals surface area contributed by atoms with Crippen molar-refractivity contribution in [2.45, 2.75) is 51.5 Å². The molecule has 1 aliphatic rings. The van der Waals surface area contributed by atoms with Crippen LogP contribution in [0, 0.1) is 5.92 Å². The maximum Gasteiger partial charge on any atom is 0.220 e. The van der Waals surface area contributed by atoms with Gasteiger partial charge in [0, 0.05) is 18.2 Å². The molecule has 1 aromatic rings. The zero-order chi connectivity index (χ0) is 13.8. The van der Waals surface area contributed by atoms with Gasteiger partial charge in [0.15, 0.2) is 0 Å². The van der Waals surface area contributed by atoms with Crippen LogP contribution in [0.5, 0.6) is 0 Å². The SMILES string of the molecule is CC(CC1CC1)NC(=O)CC(C)c1ccc(N)cc1. The van der Waals surface area contributed by atoms with Crippen molar-refractivity contribution in [3.63, 3.8) is 0 Å². The molecule has 0 spiro atoms. The highest BCUT2D eigenvalue weighted by Crippen LogP contribution is 2.33. The van der Waals surface area contributed by atoms with E-state index in [4.69, 9.17) is 5.73 Å². The van der Waals surface area contributed by atoms with Gasteiger partial charge in [0.05, 0.1) is 0 Å². The lowest BCUT2D eigenvalue weighted by Gasteiger charge is -2.16. The van der Waals surface area contributed by atoms with E-state index in [-0.39, 0.29) is 11.8 Å². The summed E-state index contributed by atoms with van der Waals surface area (Å²) >= 11 is 0. The molecule has 0 radical (unpaired) electrons. The Morgan fingerprint density at radius 2 is 1.95 bits per heavy atom. The zero-order valence-corrected chi connectivity index (χ0v) is 11.9. The molecule has 104 valence electrons. The van der Waals surface area contributed by atoms with E-state index >= 15 is 0 Å². The maximum atomic E-state index is 12.0. The minimum Gasteiger partial charge on any atom is -0.399 e. The van der Waals surface area contributed by atoms with E-state index in [2.05, 4.69) is 19.2 Å². The highest BCUT2D eigenvalue weighted by Gasteiger charge is 2.24. The first kappa shape index (κ1) is 13.9. The van der Waals surface area contributed by atoms with E-state index in [1.165, 1.54) is 18.4 Å². The number of nitrogen functional groups attached to an aromatic ring is 1. The van der Waals surface area contributed by atoms with E-state index < -0.39 is 0 Å². The summed E-state index contributed by atoms with van der Waals surface area (Å²) in [5.74, 6) is 1.23. The van der Waals surface area contributed by atoms with Crippen molar-refractivity contribution in [1.82, 2.24) is 5.32 Å². The van der Waals surface area contributed by atoms with Gasteiger partial charge in [-0.3, -0.25) is 4.79 Å². The number of hydrogen-bond donors (Lipinski definition) is 2. The molecule has 3 N–H and O–H groups in total. The number of nitrogens with one attached hydrogen (secondary N) is 1. The predicted octanol–water partition coefficient (Wildman–Crippen LogP) is 3.07. The van der Waals surface area contributed by atoms with Crippen LogP contribution in [-0.4, -0.2) is 11.9 Å². The summed E-state index contributed by atoms with van der Waals surface area (Å²) in [6.45, 7) is 4.18. The molecule has 3 nitrogen and oxygen atoms in total. The quantitative estimate of drug-likeness (QED) is 0.772. The van der Waals surface area contributed by atoms with Crippen LogP contribution < -0.4 is 11.1 Å². The van der Waals surface area contributed by atoms with E-state index in [0.717, 1.165) is 18.0 Å². The van der Waals surface area contributed by atoms with Crippen molar-refractivity contribution in [2.24, 2.45) is 5.92 Å². The Morgan fingerprint density at radius 1 is 1.32 bits per heavy atom. The molecule has 19 heavy (non-hydrogen) atoms. The molecule has 3 heteroatoms. The van der Waals surface area contributed by atoms with Crippen LogP contribution >= 0.6 is 0 Å². The number of anilines is 1. The molecule has 0 aliphatic heterocycles. The number of hydrogen-bond acceptors (Lipinski definition) is 2. The van der Waals surface area contributed by atoms with Gasteiger partial charge in [-0.2, -0.15) is 0 Å². The Balaban J connectivity index is 1.78. The minimum atomic E-state index is 0.150. The lowest BCUT2D eigenvalue weighted by Crippen LogP contribution is -2.33. The third-order valence-electron chi connectivity index (χ3n) is 3.79. The zero-order valence-electron chi connectivity index (χ0n) is 11.9. The van der Waals surface area contributed by atoms with Crippen molar-refractivity contribution in [2.75, 3.05) is 5.73 Å². The second kappa shape index (κ2) is 6.09. The Labute approximate surface area is 115 Å². The van der Waals surface area contributed by atoms with E-state index in [9.17, 15) is 4.79 Å². The van der Waals surface area contributed by atoms with Gasteiger partial charge in [-0.1, -0.05) is 31.9 Å². The van der Waals surface area contributed by atoms with Gasteiger partial charge in [0.25, 0.3) is 0 Å². The molecule has 1 fully saturated rings. The number of amides is 1. The lowest BCUT2D eigenvalue weighted by atomic mass is 9.97. The number of benzene rings is 1. The number of carbonyl (C=O) groups excluding carboxylic acids is 1. The fourth-order valence-electron chi connectivity index (χ4n) is 2.47. The van der Waals surface area contributed by atoms with Crippen LogP contribution in [0.4, 0.5) is 5.69 Å².